The number of hydrogen-bond donors (Lipinski definition) is 0. The zero-order chi connectivity index (χ0) is 13.9. The molecule has 3 heteroatoms. The van der Waals surface area contributed by atoms with Crippen LogP contribution in [0, 0.1) is 0 Å². The molecule has 0 aliphatic carbocycles. The molecule has 0 saturated carbocycles. The molecule has 3 nitrogen and oxygen atoms in total. The highest BCUT2D eigenvalue weighted by molar-refractivity contribution is 6.08. The van der Waals surface area contributed by atoms with Crippen LogP contribution in [-0.2, 0) is 7.05 Å². The van der Waals surface area contributed by atoms with Crippen molar-refractivity contribution in [2.45, 2.75) is 0 Å². The maximum Gasteiger partial charge on any atom is 0.185 e. The Hall–Kier alpha value is -2.68. The number of carbonyl (C=O) groups is 1. The van der Waals surface area contributed by atoms with Crippen LogP contribution < -0.4 is 0 Å². The van der Waals surface area contributed by atoms with Gasteiger partial charge in [0.05, 0.1) is 6.20 Å². The van der Waals surface area contributed by atoms with E-state index in [9.17, 15) is 4.79 Å². The molecule has 0 aliphatic heterocycles. The molecule has 0 fully saturated rings. The lowest BCUT2D eigenvalue weighted by Crippen LogP contribution is -1.93. The lowest BCUT2D eigenvalue weighted by Gasteiger charge is -2.00. The van der Waals surface area contributed by atoms with Gasteiger partial charge in [0, 0.05) is 24.4 Å². The van der Waals surface area contributed by atoms with Crippen molar-refractivity contribution in [1.29, 1.82) is 0 Å². The first kappa shape index (κ1) is 12.4. The first-order valence-electron chi connectivity index (χ1n) is 6.42. The Morgan fingerprint density at radius 3 is 2.70 bits per heavy atom. The topological polar surface area (TPSA) is 34.9 Å². The highest BCUT2D eigenvalue weighted by Gasteiger charge is 2.03. The van der Waals surface area contributed by atoms with Gasteiger partial charge in [0.25, 0.3) is 0 Å². The number of nitrogens with zero attached hydrogens (tertiary/aromatic N) is 2. The summed E-state index contributed by atoms with van der Waals surface area (Å²) in [6, 6.07) is 13.8. The van der Waals surface area contributed by atoms with Crippen molar-refractivity contribution in [2.75, 3.05) is 0 Å². The minimum atomic E-state index is -0.000365. The van der Waals surface area contributed by atoms with Crippen LogP contribution in [0.2, 0.25) is 0 Å². The number of aryl methyl sites for hydroxylation is 1. The molecule has 1 aromatic heterocycles. The van der Waals surface area contributed by atoms with Gasteiger partial charge < -0.3 is 0 Å². The average molecular weight is 262 g/mol. The maximum atomic E-state index is 12.2. The van der Waals surface area contributed by atoms with Gasteiger partial charge in [-0.25, -0.2) is 0 Å². The molecular formula is C17H14N2O. The number of fused-ring (bicyclic) bond motifs is 1. The number of allylic oxidation sites excluding steroid dienone is 1. The van der Waals surface area contributed by atoms with Gasteiger partial charge in [0.15, 0.2) is 5.78 Å². The Morgan fingerprint density at radius 2 is 1.95 bits per heavy atom. The molecule has 0 saturated heterocycles. The third kappa shape index (κ3) is 2.52. The van der Waals surface area contributed by atoms with E-state index in [2.05, 4.69) is 5.10 Å². The van der Waals surface area contributed by atoms with Crippen LogP contribution in [0.25, 0.3) is 16.8 Å². The minimum Gasteiger partial charge on any atom is -0.289 e. The molecule has 3 rings (SSSR count). The Balaban J connectivity index is 1.86. The molecule has 1 heterocycles. The Bertz CT molecular complexity index is 799. The van der Waals surface area contributed by atoms with Crippen molar-refractivity contribution >= 4 is 22.6 Å². The van der Waals surface area contributed by atoms with E-state index in [0.717, 1.165) is 16.3 Å². The summed E-state index contributed by atoms with van der Waals surface area (Å²) in [7, 11) is 1.85. The second-order valence-electron chi connectivity index (χ2n) is 4.71. The third-order valence-corrected chi connectivity index (χ3v) is 3.19. The number of hydrogen-bond acceptors (Lipinski definition) is 2. The van der Waals surface area contributed by atoms with Crippen molar-refractivity contribution in [1.82, 2.24) is 9.78 Å². The number of rotatable bonds is 3. The number of benzene rings is 2. The van der Waals surface area contributed by atoms with Gasteiger partial charge >= 0.3 is 0 Å². The van der Waals surface area contributed by atoms with E-state index < -0.39 is 0 Å². The lowest BCUT2D eigenvalue weighted by molar-refractivity contribution is 0.104. The number of ketones is 1. The number of aromatic nitrogens is 2. The predicted molar refractivity (Wildman–Crippen MR) is 80.5 cm³/mol. The van der Waals surface area contributed by atoms with Gasteiger partial charge in [-0.05, 0) is 29.0 Å². The van der Waals surface area contributed by atoms with E-state index in [1.165, 1.54) is 0 Å². The molecule has 0 unspecified atom stereocenters. The van der Waals surface area contributed by atoms with Crippen molar-refractivity contribution in [3.63, 3.8) is 0 Å². The first-order valence-corrected chi connectivity index (χ1v) is 6.42. The summed E-state index contributed by atoms with van der Waals surface area (Å²) in [6.45, 7) is 0. The van der Waals surface area contributed by atoms with Crippen molar-refractivity contribution in [3.8, 4) is 0 Å². The van der Waals surface area contributed by atoms with Gasteiger partial charge in [0.2, 0.25) is 0 Å². The Morgan fingerprint density at radius 1 is 1.15 bits per heavy atom. The molecule has 0 radical (unpaired) electrons. The van der Waals surface area contributed by atoms with Crippen molar-refractivity contribution in [2.24, 2.45) is 7.05 Å². The van der Waals surface area contributed by atoms with Gasteiger partial charge in [0.1, 0.15) is 0 Å². The van der Waals surface area contributed by atoms with Gasteiger partial charge in [-0.3, -0.25) is 9.48 Å². The molecule has 0 spiro atoms. The highest BCUT2D eigenvalue weighted by atomic mass is 16.1. The van der Waals surface area contributed by atoms with Crippen LogP contribution in [0.4, 0.5) is 0 Å². The van der Waals surface area contributed by atoms with Crippen molar-refractivity contribution < 1.29 is 4.79 Å². The second kappa shape index (κ2) is 5.13. The van der Waals surface area contributed by atoms with Crippen LogP contribution in [0.3, 0.4) is 0 Å². The van der Waals surface area contributed by atoms with E-state index in [-0.39, 0.29) is 5.78 Å². The molecule has 2 aromatic carbocycles. The fourth-order valence-electron chi connectivity index (χ4n) is 2.14. The fraction of sp³-hybridized carbons (Fsp3) is 0.0588. The first-order chi connectivity index (χ1) is 9.72. The summed E-state index contributed by atoms with van der Waals surface area (Å²) >= 11 is 0. The summed E-state index contributed by atoms with van der Waals surface area (Å²) in [5, 5.41) is 6.28. The normalized spacial score (nSPS) is 11.2. The predicted octanol–water partition coefficient (Wildman–Crippen LogP) is 3.47. The average Bonchev–Trinajstić information content (AvgIpc) is 2.90. The van der Waals surface area contributed by atoms with Gasteiger partial charge in [-0.15, -0.1) is 0 Å². The quantitative estimate of drug-likeness (QED) is 0.535. The Kier molecular flexibility index (Phi) is 3.17. The third-order valence-electron chi connectivity index (χ3n) is 3.19. The molecule has 0 N–H and O–H groups in total. The SMILES string of the molecule is Cn1cc(/C=C\C(=O)c2ccc3ccccc3c2)cn1. The van der Waals surface area contributed by atoms with Crippen LogP contribution in [0.5, 0.6) is 0 Å². The summed E-state index contributed by atoms with van der Waals surface area (Å²) < 4.78 is 1.71. The fourth-order valence-corrected chi connectivity index (χ4v) is 2.14. The van der Waals surface area contributed by atoms with Gasteiger partial charge in [-0.2, -0.15) is 5.10 Å². The van der Waals surface area contributed by atoms with E-state index in [1.54, 1.807) is 23.0 Å². The van der Waals surface area contributed by atoms with Crippen molar-refractivity contribution in [3.05, 3.63) is 72.1 Å². The molecule has 0 bridgehead atoms. The van der Waals surface area contributed by atoms with E-state index in [1.807, 2.05) is 55.7 Å². The summed E-state index contributed by atoms with van der Waals surface area (Å²) in [5.41, 5.74) is 1.62. The summed E-state index contributed by atoms with van der Waals surface area (Å²) in [6.07, 6.45) is 6.96. The molecule has 98 valence electrons. The second-order valence-corrected chi connectivity index (χ2v) is 4.71. The van der Waals surface area contributed by atoms with E-state index in [4.69, 9.17) is 0 Å². The van der Waals surface area contributed by atoms with E-state index >= 15 is 0 Å². The van der Waals surface area contributed by atoms with Crippen LogP contribution in [-0.4, -0.2) is 15.6 Å². The smallest absolute Gasteiger partial charge is 0.185 e. The monoisotopic (exact) mass is 262 g/mol. The standard InChI is InChI=1S/C17H14N2O/c1-19-12-13(11-18-19)6-9-17(20)16-8-7-14-4-2-3-5-15(14)10-16/h2-12H,1H3/b9-6-. The number of carbonyl (C=O) groups excluding carboxylic acids is 1. The van der Waals surface area contributed by atoms with Gasteiger partial charge in [-0.1, -0.05) is 36.4 Å². The maximum absolute atomic E-state index is 12.2. The highest BCUT2D eigenvalue weighted by Crippen LogP contribution is 2.16. The van der Waals surface area contributed by atoms with E-state index in [0.29, 0.717) is 5.56 Å². The van der Waals surface area contributed by atoms with Crippen LogP contribution >= 0.6 is 0 Å². The molecule has 0 atom stereocenters. The molecule has 0 amide bonds. The molecule has 3 aromatic rings. The van der Waals surface area contributed by atoms with Crippen LogP contribution in [0.15, 0.2) is 60.9 Å². The summed E-state index contributed by atoms with van der Waals surface area (Å²) in [4.78, 5) is 12.2. The largest absolute Gasteiger partial charge is 0.289 e. The van der Waals surface area contributed by atoms with Crippen LogP contribution in [0.1, 0.15) is 15.9 Å². The minimum absolute atomic E-state index is 0.000365. The molecule has 20 heavy (non-hydrogen) atoms. The zero-order valence-corrected chi connectivity index (χ0v) is 11.2. The lowest BCUT2D eigenvalue weighted by atomic mass is 10.0. The molecular weight excluding hydrogens is 248 g/mol. The Labute approximate surface area is 117 Å². The zero-order valence-electron chi connectivity index (χ0n) is 11.2. The molecule has 0 aliphatic rings. The summed E-state index contributed by atoms with van der Waals surface area (Å²) in [5.74, 6) is -0.000365.